The van der Waals surface area contributed by atoms with E-state index in [0.29, 0.717) is 12.6 Å². The SMILES string of the molecule is CC(C)(C)NCC(=O)NC1CCCC1. The molecule has 0 saturated heterocycles. The summed E-state index contributed by atoms with van der Waals surface area (Å²) in [7, 11) is 0. The second-order valence-corrected chi connectivity index (χ2v) is 5.15. The van der Waals surface area contributed by atoms with E-state index >= 15 is 0 Å². The predicted molar refractivity (Wildman–Crippen MR) is 58.2 cm³/mol. The van der Waals surface area contributed by atoms with Crippen LogP contribution in [0.15, 0.2) is 0 Å². The second kappa shape index (κ2) is 4.78. The van der Waals surface area contributed by atoms with E-state index in [-0.39, 0.29) is 11.4 Å². The van der Waals surface area contributed by atoms with Crippen LogP contribution in [0.4, 0.5) is 0 Å². The quantitative estimate of drug-likeness (QED) is 0.720. The van der Waals surface area contributed by atoms with E-state index in [1.807, 2.05) is 0 Å². The van der Waals surface area contributed by atoms with Crippen LogP contribution in [-0.2, 0) is 4.79 Å². The van der Waals surface area contributed by atoms with Gasteiger partial charge in [-0.25, -0.2) is 0 Å². The third-order valence-electron chi connectivity index (χ3n) is 2.50. The molecule has 1 amide bonds. The first kappa shape index (κ1) is 11.5. The van der Waals surface area contributed by atoms with Gasteiger partial charge in [-0.15, -0.1) is 0 Å². The largest absolute Gasteiger partial charge is 0.352 e. The molecular weight excluding hydrogens is 176 g/mol. The molecular formula is C11H22N2O. The minimum Gasteiger partial charge on any atom is -0.352 e. The van der Waals surface area contributed by atoms with Gasteiger partial charge in [-0.1, -0.05) is 12.8 Å². The van der Waals surface area contributed by atoms with Crippen molar-refractivity contribution in [2.75, 3.05) is 6.54 Å². The summed E-state index contributed by atoms with van der Waals surface area (Å²) < 4.78 is 0. The molecule has 0 aromatic carbocycles. The van der Waals surface area contributed by atoms with Gasteiger partial charge in [0.15, 0.2) is 0 Å². The Kier molecular flexibility index (Phi) is 3.93. The Labute approximate surface area is 86.6 Å². The number of rotatable bonds is 3. The highest BCUT2D eigenvalue weighted by molar-refractivity contribution is 5.78. The van der Waals surface area contributed by atoms with Crippen molar-refractivity contribution in [3.8, 4) is 0 Å². The molecule has 1 aliphatic carbocycles. The lowest BCUT2D eigenvalue weighted by atomic mass is 10.1. The fourth-order valence-electron chi connectivity index (χ4n) is 1.69. The summed E-state index contributed by atoms with van der Waals surface area (Å²) in [6, 6.07) is 0.435. The van der Waals surface area contributed by atoms with E-state index in [1.165, 1.54) is 12.8 Å². The van der Waals surface area contributed by atoms with E-state index < -0.39 is 0 Å². The van der Waals surface area contributed by atoms with E-state index in [2.05, 4.69) is 31.4 Å². The molecule has 0 unspecified atom stereocenters. The fraction of sp³-hybridized carbons (Fsp3) is 0.909. The van der Waals surface area contributed by atoms with Crippen LogP contribution in [0.25, 0.3) is 0 Å². The van der Waals surface area contributed by atoms with Gasteiger partial charge in [0, 0.05) is 11.6 Å². The lowest BCUT2D eigenvalue weighted by Gasteiger charge is -2.21. The first-order valence-corrected chi connectivity index (χ1v) is 5.52. The van der Waals surface area contributed by atoms with Crippen molar-refractivity contribution in [3.05, 3.63) is 0 Å². The predicted octanol–water partition coefficient (Wildman–Crippen LogP) is 1.43. The molecule has 0 aromatic rings. The molecule has 1 saturated carbocycles. The van der Waals surface area contributed by atoms with Gasteiger partial charge in [0.2, 0.25) is 5.91 Å². The first-order chi connectivity index (χ1) is 6.47. The third kappa shape index (κ3) is 4.61. The molecule has 0 aliphatic heterocycles. The van der Waals surface area contributed by atoms with Crippen LogP contribution in [0, 0.1) is 0 Å². The van der Waals surface area contributed by atoms with E-state index in [9.17, 15) is 4.79 Å². The van der Waals surface area contributed by atoms with Gasteiger partial charge in [0.05, 0.1) is 6.54 Å². The summed E-state index contributed by atoms with van der Waals surface area (Å²) in [5.41, 5.74) is 0.0208. The number of hydrogen-bond acceptors (Lipinski definition) is 2. The molecule has 1 rings (SSSR count). The van der Waals surface area contributed by atoms with Gasteiger partial charge in [-0.3, -0.25) is 4.79 Å². The summed E-state index contributed by atoms with van der Waals surface area (Å²) in [5.74, 6) is 0.131. The number of carbonyl (C=O) groups is 1. The summed E-state index contributed by atoms with van der Waals surface area (Å²) in [6.45, 7) is 6.63. The maximum atomic E-state index is 11.5. The monoisotopic (exact) mass is 198 g/mol. The number of amides is 1. The van der Waals surface area contributed by atoms with Crippen molar-refractivity contribution in [2.45, 2.75) is 58.0 Å². The van der Waals surface area contributed by atoms with Crippen LogP contribution in [0.2, 0.25) is 0 Å². The zero-order valence-electron chi connectivity index (χ0n) is 9.52. The zero-order chi connectivity index (χ0) is 10.6. The Morgan fingerprint density at radius 3 is 2.36 bits per heavy atom. The normalized spacial score (nSPS) is 18.5. The Morgan fingerprint density at radius 1 is 1.29 bits per heavy atom. The van der Waals surface area contributed by atoms with Crippen molar-refractivity contribution in [1.29, 1.82) is 0 Å². The van der Waals surface area contributed by atoms with Crippen molar-refractivity contribution in [2.24, 2.45) is 0 Å². The van der Waals surface area contributed by atoms with E-state index in [0.717, 1.165) is 12.8 Å². The molecule has 3 nitrogen and oxygen atoms in total. The summed E-state index contributed by atoms with van der Waals surface area (Å²) >= 11 is 0. The highest BCUT2D eigenvalue weighted by Gasteiger charge is 2.18. The topological polar surface area (TPSA) is 41.1 Å². The maximum Gasteiger partial charge on any atom is 0.234 e. The van der Waals surface area contributed by atoms with Gasteiger partial charge in [-0.05, 0) is 33.6 Å². The van der Waals surface area contributed by atoms with Crippen molar-refractivity contribution in [1.82, 2.24) is 10.6 Å². The van der Waals surface area contributed by atoms with Crippen molar-refractivity contribution in [3.63, 3.8) is 0 Å². The molecule has 3 heteroatoms. The molecule has 0 aromatic heterocycles. The van der Waals surface area contributed by atoms with Crippen molar-refractivity contribution < 1.29 is 4.79 Å². The summed E-state index contributed by atoms with van der Waals surface area (Å²) in [5, 5.41) is 6.23. The summed E-state index contributed by atoms with van der Waals surface area (Å²) in [6.07, 6.45) is 4.83. The molecule has 1 fully saturated rings. The fourth-order valence-corrected chi connectivity index (χ4v) is 1.69. The summed E-state index contributed by atoms with van der Waals surface area (Å²) in [4.78, 5) is 11.5. The van der Waals surface area contributed by atoms with Crippen LogP contribution in [0.5, 0.6) is 0 Å². The minimum atomic E-state index is 0.0208. The first-order valence-electron chi connectivity index (χ1n) is 5.52. The molecule has 2 N–H and O–H groups in total. The Hall–Kier alpha value is -0.570. The lowest BCUT2D eigenvalue weighted by Crippen LogP contribution is -2.45. The molecule has 82 valence electrons. The molecule has 14 heavy (non-hydrogen) atoms. The standard InChI is InChI=1S/C11H22N2O/c1-11(2,3)12-8-10(14)13-9-6-4-5-7-9/h9,12H,4-8H2,1-3H3,(H,13,14). The van der Waals surface area contributed by atoms with Gasteiger partial charge in [-0.2, -0.15) is 0 Å². The van der Waals surface area contributed by atoms with Crippen LogP contribution in [-0.4, -0.2) is 24.0 Å². The smallest absolute Gasteiger partial charge is 0.234 e. The lowest BCUT2D eigenvalue weighted by molar-refractivity contribution is -0.121. The minimum absolute atomic E-state index is 0.0208. The maximum absolute atomic E-state index is 11.5. The van der Waals surface area contributed by atoms with Crippen molar-refractivity contribution >= 4 is 5.91 Å². The zero-order valence-corrected chi connectivity index (χ0v) is 9.52. The molecule has 1 aliphatic rings. The average Bonchev–Trinajstić information content (AvgIpc) is 2.52. The van der Waals surface area contributed by atoms with E-state index in [1.54, 1.807) is 0 Å². The molecule has 0 heterocycles. The molecule has 0 atom stereocenters. The highest BCUT2D eigenvalue weighted by atomic mass is 16.2. The van der Waals surface area contributed by atoms with Gasteiger partial charge in [0.25, 0.3) is 0 Å². The average molecular weight is 198 g/mol. The number of hydrogen-bond donors (Lipinski definition) is 2. The van der Waals surface area contributed by atoms with Crippen LogP contribution in [0.3, 0.4) is 0 Å². The number of carbonyl (C=O) groups excluding carboxylic acids is 1. The second-order valence-electron chi connectivity index (χ2n) is 5.15. The highest BCUT2D eigenvalue weighted by Crippen LogP contribution is 2.17. The van der Waals surface area contributed by atoms with E-state index in [4.69, 9.17) is 0 Å². The molecule has 0 radical (unpaired) electrons. The van der Waals surface area contributed by atoms with Crippen LogP contribution < -0.4 is 10.6 Å². The van der Waals surface area contributed by atoms with Crippen LogP contribution in [0.1, 0.15) is 46.5 Å². The third-order valence-corrected chi connectivity index (χ3v) is 2.50. The van der Waals surface area contributed by atoms with Gasteiger partial charge in [0.1, 0.15) is 0 Å². The molecule has 0 bridgehead atoms. The van der Waals surface area contributed by atoms with Gasteiger partial charge < -0.3 is 10.6 Å². The Bertz CT molecular complexity index is 190. The number of nitrogens with one attached hydrogen (secondary N) is 2. The van der Waals surface area contributed by atoms with Gasteiger partial charge >= 0.3 is 0 Å². The Balaban J connectivity index is 2.15. The van der Waals surface area contributed by atoms with Crippen LogP contribution >= 0.6 is 0 Å². The molecule has 0 spiro atoms. The Morgan fingerprint density at radius 2 is 1.86 bits per heavy atom.